The molecule has 0 aliphatic carbocycles. The molecular weight excluding hydrogens is 232 g/mol. The van der Waals surface area contributed by atoms with Gasteiger partial charge >= 0.3 is 5.97 Å². The molecule has 1 amide bonds. The molecule has 0 bridgehead atoms. The number of carboxylic acid groups (broad SMARTS) is 1. The lowest BCUT2D eigenvalue weighted by molar-refractivity contribution is -0.141. The van der Waals surface area contributed by atoms with Crippen molar-refractivity contribution in [3.63, 3.8) is 0 Å². The average molecular weight is 245 g/mol. The zero-order valence-electron chi connectivity index (χ0n) is 8.71. The molecule has 1 atom stereocenters. The Bertz CT molecular complexity index is 356. The molecule has 0 radical (unpaired) electrons. The molecule has 0 saturated carbocycles. The van der Waals surface area contributed by atoms with Gasteiger partial charge in [0, 0.05) is 12.4 Å². The Kier molecular flexibility index (Phi) is 6.10. The molecule has 2 N–H and O–H groups in total. The maximum absolute atomic E-state index is 11.3. The molecular formula is C10H13ClN2O3. The fourth-order valence-corrected chi connectivity index (χ4v) is 1.04. The van der Waals surface area contributed by atoms with Gasteiger partial charge in [-0.1, -0.05) is 0 Å². The number of carboxylic acids is 1. The average Bonchev–Trinajstić information content (AvgIpc) is 2.18. The lowest BCUT2D eigenvalue weighted by atomic mass is 10.2. The Balaban J connectivity index is 0.00000225. The van der Waals surface area contributed by atoms with E-state index in [1.54, 1.807) is 24.5 Å². The van der Waals surface area contributed by atoms with Gasteiger partial charge in [-0.15, -0.1) is 12.4 Å². The molecule has 1 rings (SSSR count). The number of nitrogens with one attached hydrogen (secondary N) is 1. The van der Waals surface area contributed by atoms with Crippen LogP contribution in [0.2, 0.25) is 0 Å². The number of carbonyl (C=O) groups is 2. The number of carbonyl (C=O) groups excluding carboxylic acids is 1. The van der Waals surface area contributed by atoms with Crippen molar-refractivity contribution in [1.82, 2.24) is 10.3 Å². The molecule has 5 nitrogen and oxygen atoms in total. The van der Waals surface area contributed by atoms with Crippen molar-refractivity contribution >= 4 is 24.3 Å². The SMILES string of the molecule is C[C@H](NC(=O)Cc1ccncc1)C(=O)O.Cl. The van der Waals surface area contributed by atoms with Crippen LogP contribution in [0.1, 0.15) is 12.5 Å². The summed E-state index contributed by atoms with van der Waals surface area (Å²) in [4.78, 5) is 25.6. The van der Waals surface area contributed by atoms with E-state index in [0.717, 1.165) is 5.56 Å². The van der Waals surface area contributed by atoms with Gasteiger partial charge in [-0.2, -0.15) is 0 Å². The summed E-state index contributed by atoms with van der Waals surface area (Å²) in [6.07, 6.45) is 3.34. The second-order valence-electron chi connectivity index (χ2n) is 3.16. The van der Waals surface area contributed by atoms with Gasteiger partial charge in [0.05, 0.1) is 6.42 Å². The summed E-state index contributed by atoms with van der Waals surface area (Å²) in [7, 11) is 0. The molecule has 1 heterocycles. The van der Waals surface area contributed by atoms with E-state index in [1.165, 1.54) is 6.92 Å². The summed E-state index contributed by atoms with van der Waals surface area (Å²) in [6.45, 7) is 1.42. The molecule has 1 aromatic rings. The Morgan fingerprint density at radius 3 is 2.50 bits per heavy atom. The van der Waals surface area contributed by atoms with Crippen LogP contribution < -0.4 is 5.32 Å². The van der Waals surface area contributed by atoms with E-state index in [2.05, 4.69) is 10.3 Å². The topological polar surface area (TPSA) is 79.3 Å². The molecule has 88 valence electrons. The highest BCUT2D eigenvalue weighted by atomic mass is 35.5. The molecule has 0 aliphatic heterocycles. The van der Waals surface area contributed by atoms with E-state index in [1.807, 2.05) is 0 Å². The van der Waals surface area contributed by atoms with Gasteiger partial charge in [0.15, 0.2) is 0 Å². The van der Waals surface area contributed by atoms with E-state index in [4.69, 9.17) is 5.11 Å². The van der Waals surface area contributed by atoms with E-state index >= 15 is 0 Å². The van der Waals surface area contributed by atoms with Crippen LogP contribution in [0.4, 0.5) is 0 Å². The van der Waals surface area contributed by atoms with Crippen LogP contribution in [0.15, 0.2) is 24.5 Å². The summed E-state index contributed by atoms with van der Waals surface area (Å²) >= 11 is 0. The zero-order chi connectivity index (χ0) is 11.3. The number of aromatic nitrogens is 1. The molecule has 1 aromatic heterocycles. The van der Waals surface area contributed by atoms with Crippen molar-refractivity contribution < 1.29 is 14.7 Å². The summed E-state index contributed by atoms with van der Waals surface area (Å²) in [6, 6.07) is 2.56. The first-order valence-electron chi connectivity index (χ1n) is 4.50. The zero-order valence-corrected chi connectivity index (χ0v) is 9.53. The number of hydrogen-bond acceptors (Lipinski definition) is 3. The van der Waals surface area contributed by atoms with Crippen molar-refractivity contribution in [2.24, 2.45) is 0 Å². The Morgan fingerprint density at radius 1 is 1.44 bits per heavy atom. The Labute approximate surface area is 99.3 Å². The number of amides is 1. The lowest BCUT2D eigenvalue weighted by Gasteiger charge is -2.08. The highest BCUT2D eigenvalue weighted by molar-refractivity contribution is 5.85. The van der Waals surface area contributed by atoms with E-state index in [9.17, 15) is 9.59 Å². The van der Waals surface area contributed by atoms with Crippen LogP contribution in [0.3, 0.4) is 0 Å². The van der Waals surface area contributed by atoms with Crippen molar-refractivity contribution in [3.05, 3.63) is 30.1 Å². The van der Waals surface area contributed by atoms with Crippen LogP contribution in [0.5, 0.6) is 0 Å². The van der Waals surface area contributed by atoms with Crippen LogP contribution in [0.25, 0.3) is 0 Å². The number of aliphatic carboxylic acids is 1. The van der Waals surface area contributed by atoms with Crippen LogP contribution in [-0.2, 0) is 16.0 Å². The second-order valence-corrected chi connectivity index (χ2v) is 3.16. The standard InChI is InChI=1S/C10H12N2O3.ClH/c1-7(10(14)15)12-9(13)6-8-2-4-11-5-3-8;/h2-5,7H,6H2,1H3,(H,12,13)(H,14,15);1H/t7-;/m0./s1. The normalized spacial score (nSPS) is 11.1. The monoisotopic (exact) mass is 244 g/mol. The minimum absolute atomic E-state index is 0. The first-order valence-corrected chi connectivity index (χ1v) is 4.50. The van der Waals surface area contributed by atoms with Crippen LogP contribution >= 0.6 is 12.4 Å². The number of halogens is 1. The highest BCUT2D eigenvalue weighted by Crippen LogP contribution is 1.97. The van der Waals surface area contributed by atoms with Crippen LogP contribution in [0, 0.1) is 0 Å². The molecule has 16 heavy (non-hydrogen) atoms. The molecule has 0 saturated heterocycles. The van der Waals surface area contributed by atoms with E-state index < -0.39 is 12.0 Å². The van der Waals surface area contributed by atoms with Gasteiger partial charge in [0.25, 0.3) is 0 Å². The molecule has 0 fully saturated rings. The predicted molar refractivity (Wildman–Crippen MR) is 60.4 cm³/mol. The number of nitrogens with zero attached hydrogens (tertiary/aromatic N) is 1. The van der Waals surface area contributed by atoms with Gasteiger partial charge in [-0.05, 0) is 24.6 Å². The Hall–Kier alpha value is -1.62. The first kappa shape index (κ1) is 14.4. The maximum atomic E-state index is 11.3. The minimum Gasteiger partial charge on any atom is -0.480 e. The van der Waals surface area contributed by atoms with Gasteiger partial charge in [-0.25, -0.2) is 0 Å². The van der Waals surface area contributed by atoms with Crippen molar-refractivity contribution in [1.29, 1.82) is 0 Å². The third kappa shape index (κ3) is 4.75. The van der Waals surface area contributed by atoms with Gasteiger partial charge in [0.2, 0.25) is 5.91 Å². The summed E-state index contributed by atoms with van der Waals surface area (Å²) < 4.78 is 0. The van der Waals surface area contributed by atoms with Crippen LogP contribution in [-0.4, -0.2) is 28.0 Å². The fraction of sp³-hybridized carbons (Fsp3) is 0.300. The highest BCUT2D eigenvalue weighted by Gasteiger charge is 2.13. The van der Waals surface area contributed by atoms with Crippen molar-refractivity contribution in [3.8, 4) is 0 Å². The summed E-state index contributed by atoms with van der Waals surface area (Å²) in [5, 5.41) is 10.9. The molecule has 0 aliphatic rings. The number of hydrogen-bond donors (Lipinski definition) is 2. The van der Waals surface area contributed by atoms with Crippen molar-refractivity contribution in [2.75, 3.05) is 0 Å². The van der Waals surface area contributed by atoms with Gasteiger partial charge < -0.3 is 10.4 Å². The molecule has 0 aromatic carbocycles. The fourth-order valence-electron chi connectivity index (χ4n) is 1.04. The van der Waals surface area contributed by atoms with E-state index in [0.29, 0.717) is 0 Å². The van der Waals surface area contributed by atoms with Gasteiger partial charge in [-0.3, -0.25) is 14.6 Å². The molecule has 0 spiro atoms. The first-order chi connectivity index (χ1) is 7.09. The third-order valence-corrected chi connectivity index (χ3v) is 1.86. The molecule has 0 unspecified atom stereocenters. The summed E-state index contributed by atoms with van der Waals surface area (Å²) in [5.74, 6) is -1.35. The lowest BCUT2D eigenvalue weighted by Crippen LogP contribution is -2.39. The smallest absolute Gasteiger partial charge is 0.325 e. The van der Waals surface area contributed by atoms with Gasteiger partial charge in [0.1, 0.15) is 6.04 Å². The minimum atomic E-state index is -1.04. The predicted octanol–water partition coefficient (Wildman–Crippen LogP) is 0.635. The number of pyridine rings is 1. The Morgan fingerprint density at radius 2 is 2.00 bits per heavy atom. The maximum Gasteiger partial charge on any atom is 0.325 e. The quantitative estimate of drug-likeness (QED) is 0.815. The summed E-state index contributed by atoms with van der Waals surface area (Å²) in [5.41, 5.74) is 0.806. The second kappa shape index (κ2) is 6.79. The number of rotatable bonds is 4. The largest absolute Gasteiger partial charge is 0.480 e. The van der Waals surface area contributed by atoms with Crippen molar-refractivity contribution in [2.45, 2.75) is 19.4 Å². The molecule has 6 heteroatoms. The third-order valence-electron chi connectivity index (χ3n) is 1.86. The van der Waals surface area contributed by atoms with E-state index in [-0.39, 0.29) is 24.7 Å².